The van der Waals surface area contributed by atoms with Crippen molar-refractivity contribution in [3.63, 3.8) is 0 Å². The molecule has 4 nitrogen and oxygen atoms in total. The Labute approximate surface area is 95.0 Å². The molecule has 1 unspecified atom stereocenters. The number of nitrogens with two attached hydrogens (primary N) is 1. The van der Waals surface area contributed by atoms with Crippen molar-refractivity contribution in [2.45, 2.75) is 25.8 Å². The largest absolute Gasteiger partial charge is 0.496 e. The summed E-state index contributed by atoms with van der Waals surface area (Å²) in [5, 5.41) is 8.71. The minimum Gasteiger partial charge on any atom is -0.496 e. The molecule has 0 aromatic heterocycles. The summed E-state index contributed by atoms with van der Waals surface area (Å²) in [6.07, 6.45) is 0.792. The Bertz CT molecular complexity index is 377. The predicted octanol–water partition coefficient (Wildman–Crippen LogP) is 1.73. The van der Waals surface area contributed by atoms with E-state index < -0.39 is 12.0 Å². The summed E-state index contributed by atoms with van der Waals surface area (Å²) in [6, 6.07) is 5.16. The van der Waals surface area contributed by atoms with Gasteiger partial charge in [0.15, 0.2) is 0 Å². The van der Waals surface area contributed by atoms with E-state index in [2.05, 4.69) is 0 Å². The van der Waals surface area contributed by atoms with Crippen LogP contribution in [0.1, 0.15) is 30.5 Å². The number of rotatable bonds is 5. The lowest BCUT2D eigenvalue weighted by molar-refractivity contribution is -0.137. The highest BCUT2D eigenvalue weighted by atomic mass is 16.5. The number of aliphatic carboxylic acids is 1. The summed E-state index contributed by atoms with van der Waals surface area (Å²) < 4.78 is 5.17. The number of carbonyl (C=O) groups is 1. The minimum atomic E-state index is -0.906. The summed E-state index contributed by atoms with van der Waals surface area (Å²) in [5.41, 5.74) is 7.71. The molecule has 0 amide bonds. The zero-order valence-electron chi connectivity index (χ0n) is 9.56. The average molecular weight is 223 g/mol. The molecule has 0 bridgehead atoms. The molecule has 1 aromatic rings. The monoisotopic (exact) mass is 223 g/mol. The number of hydrogen-bond acceptors (Lipinski definition) is 3. The van der Waals surface area contributed by atoms with Crippen LogP contribution in [0.3, 0.4) is 0 Å². The first-order chi connectivity index (χ1) is 7.58. The van der Waals surface area contributed by atoms with Crippen molar-refractivity contribution in [1.29, 1.82) is 0 Å². The van der Waals surface area contributed by atoms with Gasteiger partial charge in [-0.15, -0.1) is 0 Å². The molecule has 1 rings (SSSR count). The van der Waals surface area contributed by atoms with Crippen molar-refractivity contribution in [3.8, 4) is 5.75 Å². The summed E-state index contributed by atoms with van der Waals surface area (Å²) in [4.78, 5) is 10.6. The second kappa shape index (κ2) is 5.51. The van der Waals surface area contributed by atoms with Crippen molar-refractivity contribution in [2.24, 2.45) is 5.73 Å². The van der Waals surface area contributed by atoms with Crippen LogP contribution in [-0.4, -0.2) is 18.2 Å². The Kier molecular flexibility index (Phi) is 4.31. The van der Waals surface area contributed by atoms with E-state index in [9.17, 15) is 4.79 Å². The van der Waals surface area contributed by atoms with E-state index in [1.807, 2.05) is 25.1 Å². The lowest BCUT2D eigenvalue weighted by Crippen LogP contribution is -2.16. The molecule has 3 N–H and O–H groups in total. The smallest absolute Gasteiger partial charge is 0.305 e. The van der Waals surface area contributed by atoms with Gasteiger partial charge >= 0.3 is 5.97 Å². The van der Waals surface area contributed by atoms with Crippen LogP contribution < -0.4 is 10.5 Å². The van der Waals surface area contributed by atoms with E-state index in [0.717, 1.165) is 17.5 Å². The molecule has 0 saturated carbocycles. The van der Waals surface area contributed by atoms with Gasteiger partial charge in [-0.2, -0.15) is 0 Å². The maximum Gasteiger partial charge on any atom is 0.305 e. The number of aryl methyl sites for hydroxylation is 1. The van der Waals surface area contributed by atoms with Crippen molar-refractivity contribution in [1.82, 2.24) is 0 Å². The Morgan fingerprint density at radius 2 is 2.25 bits per heavy atom. The molecule has 0 aliphatic rings. The summed E-state index contributed by atoms with van der Waals surface area (Å²) in [6.45, 7) is 2.04. The van der Waals surface area contributed by atoms with Crippen LogP contribution in [-0.2, 0) is 11.2 Å². The van der Waals surface area contributed by atoms with E-state index >= 15 is 0 Å². The molecular formula is C12H17NO3. The maximum absolute atomic E-state index is 10.6. The van der Waals surface area contributed by atoms with E-state index in [0.29, 0.717) is 5.75 Å². The molecular weight excluding hydrogens is 206 g/mol. The highest BCUT2D eigenvalue weighted by Gasteiger charge is 2.15. The fourth-order valence-electron chi connectivity index (χ4n) is 1.59. The molecule has 0 saturated heterocycles. The fourth-order valence-corrected chi connectivity index (χ4v) is 1.59. The Hall–Kier alpha value is -1.55. The third kappa shape index (κ3) is 2.97. The van der Waals surface area contributed by atoms with Crippen molar-refractivity contribution < 1.29 is 14.6 Å². The third-order valence-corrected chi connectivity index (χ3v) is 2.50. The fraction of sp³-hybridized carbons (Fsp3) is 0.417. The molecule has 0 aliphatic heterocycles. The summed E-state index contributed by atoms with van der Waals surface area (Å²) in [5.74, 6) is -0.262. The molecule has 0 fully saturated rings. The number of methoxy groups -OCH3 is 1. The standard InChI is InChI=1S/C12H17NO3/c1-3-8-4-5-11(16-2)9(6-8)10(13)7-12(14)15/h4-6,10H,3,7,13H2,1-2H3,(H,14,15). The molecule has 0 aliphatic carbocycles. The number of hydrogen-bond donors (Lipinski definition) is 2. The van der Waals surface area contributed by atoms with Gasteiger partial charge in [0.1, 0.15) is 5.75 Å². The number of benzene rings is 1. The predicted molar refractivity (Wildman–Crippen MR) is 61.6 cm³/mol. The lowest BCUT2D eigenvalue weighted by atomic mass is 10.00. The van der Waals surface area contributed by atoms with Crippen LogP contribution in [0.15, 0.2) is 18.2 Å². The number of ether oxygens (including phenoxy) is 1. The highest BCUT2D eigenvalue weighted by Crippen LogP contribution is 2.27. The first-order valence-electron chi connectivity index (χ1n) is 5.22. The van der Waals surface area contributed by atoms with E-state index in [4.69, 9.17) is 15.6 Å². The first-order valence-corrected chi connectivity index (χ1v) is 5.22. The Morgan fingerprint density at radius 3 is 2.75 bits per heavy atom. The Morgan fingerprint density at radius 1 is 1.56 bits per heavy atom. The topological polar surface area (TPSA) is 72.5 Å². The van der Waals surface area contributed by atoms with Gasteiger partial charge in [0, 0.05) is 11.6 Å². The highest BCUT2D eigenvalue weighted by molar-refractivity contribution is 5.68. The molecule has 0 heterocycles. The first kappa shape index (κ1) is 12.5. The summed E-state index contributed by atoms with van der Waals surface area (Å²) in [7, 11) is 1.55. The van der Waals surface area contributed by atoms with Gasteiger partial charge < -0.3 is 15.6 Å². The van der Waals surface area contributed by atoms with Crippen molar-refractivity contribution in [2.75, 3.05) is 7.11 Å². The van der Waals surface area contributed by atoms with Crippen LogP contribution in [0, 0.1) is 0 Å². The average Bonchev–Trinajstić information content (AvgIpc) is 2.27. The second-order valence-electron chi connectivity index (χ2n) is 3.63. The lowest BCUT2D eigenvalue weighted by Gasteiger charge is -2.15. The van der Waals surface area contributed by atoms with Gasteiger partial charge in [0.2, 0.25) is 0 Å². The van der Waals surface area contributed by atoms with E-state index in [-0.39, 0.29) is 6.42 Å². The van der Waals surface area contributed by atoms with Gasteiger partial charge in [-0.05, 0) is 18.1 Å². The van der Waals surface area contributed by atoms with Crippen LogP contribution in [0.5, 0.6) is 5.75 Å². The molecule has 16 heavy (non-hydrogen) atoms. The van der Waals surface area contributed by atoms with Crippen molar-refractivity contribution >= 4 is 5.97 Å². The normalized spacial score (nSPS) is 12.2. The zero-order valence-corrected chi connectivity index (χ0v) is 9.56. The molecule has 1 aromatic carbocycles. The summed E-state index contributed by atoms with van der Waals surface area (Å²) >= 11 is 0. The Balaban J connectivity index is 3.02. The number of carboxylic acid groups (broad SMARTS) is 1. The zero-order chi connectivity index (χ0) is 12.1. The third-order valence-electron chi connectivity index (χ3n) is 2.50. The number of carboxylic acids is 1. The van der Waals surface area contributed by atoms with Crippen LogP contribution in [0.4, 0.5) is 0 Å². The van der Waals surface area contributed by atoms with Gasteiger partial charge in [0.05, 0.1) is 13.5 Å². The molecule has 4 heteroatoms. The van der Waals surface area contributed by atoms with Gasteiger partial charge in [-0.3, -0.25) is 4.79 Å². The van der Waals surface area contributed by atoms with Gasteiger partial charge in [-0.1, -0.05) is 19.1 Å². The maximum atomic E-state index is 10.6. The molecule has 0 radical (unpaired) electrons. The van der Waals surface area contributed by atoms with Crippen LogP contribution >= 0.6 is 0 Å². The van der Waals surface area contributed by atoms with Gasteiger partial charge in [0.25, 0.3) is 0 Å². The SMILES string of the molecule is CCc1ccc(OC)c(C(N)CC(=O)O)c1. The minimum absolute atomic E-state index is 0.0937. The molecule has 0 spiro atoms. The quantitative estimate of drug-likeness (QED) is 0.797. The molecule has 1 atom stereocenters. The van der Waals surface area contributed by atoms with E-state index in [1.54, 1.807) is 7.11 Å². The second-order valence-corrected chi connectivity index (χ2v) is 3.63. The van der Waals surface area contributed by atoms with E-state index in [1.165, 1.54) is 0 Å². The van der Waals surface area contributed by atoms with Gasteiger partial charge in [-0.25, -0.2) is 0 Å². The van der Waals surface area contributed by atoms with Crippen LogP contribution in [0.2, 0.25) is 0 Å². The molecule has 88 valence electrons. The van der Waals surface area contributed by atoms with Crippen molar-refractivity contribution in [3.05, 3.63) is 29.3 Å². The van der Waals surface area contributed by atoms with Crippen LogP contribution in [0.25, 0.3) is 0 Å².